The summed E-state index contributed by atoms with van der Waals surface area (Å²) in [6.07, 6.45) is 0.293. The molecule has 178 valence electrons. The van der Waals surface area contributed by atoms with Gasteiger partial charge >= 0.3 is 0 Å². The highest BCUT2D eigenvalue weighted by Gasteiger charge is 2.29. The first-order chi connectivity index (χ1) is 16.4. The van der Waals surface area contributed by atoms with E-state index in [1.165, 1.54) is 0 Å². The van der Waals surface area contributed by atoms with Gasteiger partial charge in [0.2, 0.25) is 11.8 Å². The number of aryl methyl sites for hydroxylation is 1. The minimum atomic E-state index is -0.571. The predicted molar refractivity (Wildman–Crippen MR) is 138 cm³/mol. The summed E-state index contributed by atoms with van der Waals surface area (Å²) in [6, 6.07) is 27.7. The van der Waals surface area contributed by atoms with Crippen molar-refractivity contribution in [3.63, 3.8) is 0 Å². The average molecular weight is 457 g/mol. The van der Waals surface area contributed by atoms with Crippen molar-refractivity contribution in [3.05, 3.63) is 107 Å². The Bertz CT molecular complexity index is 1020. The van der Waals surface area contributed by atoms with Gasteiger partial charge in [0.25, 0.3) is 0 Å². The average Bonchev–Trinajstić information content (AvgIpc) is 2.85. The third kappa shape index (κ3) is 6.80. The molecule has 0 aliphatic carbocycles. The van der Waals surface area contributed by atoms with Crippen LogP contribution < -0.4 is 5.32 Å². The van der Waals surface area contributed by atoms with Crippen LogP contribution in [0.5, 0.6) is 0 Å². The molecular weight excluding hydrogens is 420 g/mol. The Morgan fingerprint density at radius 2 is 1.32 bits per heavy atom. The van der Waals surface area contributed by atoms with E-state index >= 15 is 0 Å². The fourth-order valence-electron chi connectivity index (χ4n) is 4.10. The van der Waals surface area contributed by atoms with E-state index in [9.17, 15) is 9.59 Å². The van der Waals surface area contributed by atoms with Crippen LogP contribution in [0.15, 0.2) is 84.9 Å². The van der Waals surface area contributed by atoms with Crippen molar-refractivity contribution in [2.75, 3.05) is 6.54 Å². The molecule has 0 aromatic heterocycles. The van der Waals surface area contributed by atoms with Crippen LogP contribution in [0.1, 0.15) is 55.4 Å². The molecule has 0 spiro atoms. The number of nitrogens with zero attached hydrogens (tertiary/aromatic N) is 1. The van der Waals surface area contributed by atoms with Crippen molar-refractivity contribution in [2.24, 2.45) is 5.92 Å². The minimum Gasteiger partial charge on any atom is -0.354 e. The molecule has 3 rings (SSSR count). The molecule has 0 radical (unpaired) electrons. The normalized spacial score (nSPS) is 11.9. The van der Waals surface area contributed by atoms with Gasteiger partial charge in [-0.25, -0.2) is 0 Å². The van der Waals surface area contributed by atoms with Crippen molar-refractivity contribution in [2.45, 2.75) is 52.6 Å². The zero-order valence-corrected chi connectivity index (χ0v) is 20.7. The van der Waals surface area contributed by atoms with Crippen molar-refractivity contribution in [1.29, 1.82) is 0 Å². The molecule has 1 atom stereocenters. The Kier molecular flexibility index (Phi) is 9.03. The van der Waals surface area contributed by atoms with Crippen LogP contribution in [0.4, 0.5) is 0 Å². The largest absolute Gasteiger partial charge is 0.354 e. The molecule has 0 aliphatic rings. The quantitative estimate of drug-likeness (QED) is 0.425. The molecule has 4 nitrogen and oxygen atoms in total. The van der Waals surface area contributed by atoms with Gasteiger partial charge < -0.3 is 10.2 Å². The lowest BCUT2D eigenvalue weighted by atomic mass is 9.88. The summed E-state index contributed by atoms with van der Waals surface area (Å²) in [5.41, 5.74) is 4.35. The highest BCUT2D eigenvalue weighted by atomic mass is 16.2. The van der Waals surface area contributed by atoms with E-state index in [0.29, 0.717) is 25.4 Å². The zero-order valence-electron chi connectivity index (χ0n) is 20.7. The molecule has 0 saturated heterocycles. The maximum atomic E-state index is 13.8. The topological polar surface area (TPSA) is 49.4 Å². The van der Waals surface area contributed by atoms with Gasteiger partial charge in [0.1, 0.15) is 6.04 Å². The monoisotopic (exact) mass is 456 g/mol. The maximum absolute atomic E-state index is 13.8. The summed E-state index contributed by atoms with van der Waals surface area (Å²) in [7, 11) is 0. The molecule has 2 amide bonds. The first kappa shape index (κ1) is 25.2. The van der Waals surface area contributed by atoms with Crippen LogP contribution in [-0.2, 0) is 16.1 Å². The van der Waals surface area contributed by atoms with Crippen LogP contribution >= 0.6 is 0 Å². The standard InChI is InChI=1S/C30H36N2O2/c1-22(2)20-31-30(34)24(4)32(21-27-18-12-11-13-23(27)3)29(33)19-28(25-14-7-5-8-15-25)26-16-9-6-10-17-26/h5-18,22,24,28H,19-21H2,1-4H3,(H,31,34). The van der Waals surface area contributed by atoms with Crippen molar-refractivity contribution >= 4 is 11.8 Å². The van der Waals surface area contributed by atoms with E-state index in [-0.39, 0.29) is 17.7 Å². The fraction of sp³-hybridized carbons (Fsp3) is 0.333. The Hall–Kier alpha value is -3.40. The summed E-state index contributed by atoms with van der Waals surface area (Å²) in [5.74, 6) is 0.108. The van der Waals surface area contributed by atoms with Crippen LogP contribution in [0.3, 0.4) is 0 Å². The second kappa shape index (κ2) is 12.2. The van der Waals surface area contributed by atoms with Crippen LogP contribution in [0.2, 0.25) is 0 Å². The van der Waals surface area contributed by atoms with E-state index < -0.39 is 6.04 Å². The maximum Gasteiger partial charge on any atom is 0.242 e. The Balaban J connectivity index is 1.90. The number of amides is 2. The molecular formula is C30H36N2O2. The van der Waals surface area contributed by atoms with Gasteiger partial charge in [-0.2, -0.15) is 0 Å². The van der Waals surface area contributed by atoms with Crippen molar-refractivity contribution < 1.29 is 9.59 Å². The molecule has 3 aromatic rings. The molecule has 1 unspecified atom stereocenters. The van der Waals surface area contributed by atoms with E-state index in [4.69, 9.17) is 0 Å². The summed E-state index contributed by atoms with van der Waals surface area (Å²) >= 11 is 0. The molecule has 0 fully saturated rings. The number of nitrogens with one attached hydrogen (secondary N) is 1. The lowest BCUT2D eigenvalue weighted by Crippen LogP contribution is -2.48. The smallest absolute Gasteiger partial charge is 0.242 e. The fourth-order valence-corrected chi connectivity index (χ4v) is 4.10. The van der Waals surface area contributed by atoms with Gasteiger partial charge in [-0.05, 0) is 42.0 Å². The third-order valence-electron chi connectivity index (χ3n) is 6.24. The summed E-state index contributed by atoms with van der Waals surface area (Å²) in [4.78, 5) is 28.6. The highest BCUT2D eigenvalue weighted by Crippen LogP contribution is 2.29. The van der Waals surface area contributed by atoms with Crippen LogP contribution in [0.25, 0.3) is 0 Å². The number of hydrogen-bond donors (Lipinski definition) is 1. The van der Waals surface area contributed by atoms with E-state index in [1.54, 1.807) is 4.90 Å². The van der Waals surface area contributed by atoms with Crippen LogP contribution in [-0.4, -0.2) is 29.3 Å². The second-order valence-corrected chi connectivity index (χ2v) is 9.34. The van der Waals surface area contributed by atoms with Crippen LogP contribution in [0, 0.1) is 12.8 Å². The highest BCUT2D eigenvalue weighted by molar-refractivity contribution is 5.87. The second-order valence-electron chi connectivity index (χ2n) is 9.34. The molecule has 0 heterocycles. The van der Waals surface area contributed by atoms with Gasteiger partial charge in [0, 0.05) is 25.4 Å². The van der Waals surface area contributed by atoms with E-state index in [1.807, 2.05) is 74.5 Å². The Labute approximate surface area is 204 Å². The summed E-state index contributed by atoms with van der Waals surface area (Å²) in [5, 5.41) is 3.00. The number of carbonyl (C=O) groups excluding carboxylic acids is 2. The van der Waals surface area contributed by atoms with Crippen molar-refractivity contribution in [3.8, 4) is 0 Å². The molecule has 1 N–H and O–H groups in total. The summed E-state index contributed by atoms with van der Waals surface area (Å²) < 4.78 is 0. The number of hydrogen-bond acceptors (Lipinski definition) is 2. The van der Waals surface area contributed by atoms with E-state index in [2.05, 4.69) is 43.4 Å². The minimum absolute atomic E-state index is 0.0341. The lowest BCUT2D eigenvalue weighted by molar-refractivity contribution is -0.140. The van der Waals surface area contributed by atoms with Gasteiger partial charge in [-0.3, -0.25) is 9.59 Å². The van der Waals surface area contributed by atoms with E-state index in [0.717, 1.165) is 22.3 Å². The first-order valence-electron chi connectivity index (χ1n) is 12.1. The molecule has 0 bridgehead atoms. The van der Waals surface area contributed by atoms with Gasteiger partial charge in [0.15, 0.2) is 0 Å². The molecule has 0 saturated carbocycles. The third-order valence-corrected chi connectivity index (χ3v) is 6.24. The number of benzene rings is 3. The zero-order chi connectivity index (χ0) is 24.5. The Morgan fingerprint density at radius 1 is 0.794 bits per heavy atom. The lowest BCUT2D eigenvalue weighted by Gasteiger charge is -2.31. The molecule has 4 heteroatoms. The van der Waals surface area contributed by atoms with Crippen molar-refractivity contribution in [1.82, 2.24) is 10.2 Å². The number of rotatable bonds is 10. The SMILES string of the molecule is Cc1ccccc1CN(C(=O)CC(c1ccccc1)c1ccccc1)C(C)C(=O)NCC(C)C. The van der Waals surface area contributed by atoms with Gasteiger partial charge in [-0.15, -0.1) is 0 Å². The molecule has 34 heavy (non-hydrogen) atoms. The van der Waals surface area contributed by atoms with Gasteiger partial charge in [-0.1, -0.05) is 98.8 Å². The number of carbonyl (C=O) groups is 2. The molecule has 3 aromatic carbocycles. The van der Waals surface area contributed by atoms with Gasteiger partial charge in [0.05, 0.1) is 0 Å². The predicted octanol–water partition coefficient (Wildman–Crippen LogP) is 5.71. The Morgan fingerprint density at radius 3 is 1.85 bits per heavy atom. The summed E-state index contributed by atoms with van der Waals surface area (Å²) in [6.45, 7) is 8.98. The first-order valence-corrected chi connectivity index (χ1v) is 12.1. The molecule has 0 aliphatic heterocycles.